The van der Waals surface area contributed by atoms with E-state index < -0.39 is 47.9 Å². The molecule has 0 saturated heterocycles. The molecule has 0 heterocycles. The summed E-state index contributed by atoms with van der Waals surface area (Å²) in [6.07, 6.45) is 3.11. The maximum absolute atomic E-state index is 15.9. The van der Waals surface area contributed by atoms with Gasteiger partial charge in [0, 0.05) is 17.2 Å². The maximum Gasteiger partial charge on any atom is 0.308 e. The monoisotopic (exact) mass is 545 g/mol. The highest BCUT2D eigenvalue weighted by atomic mass is 19.1. The number of hydrogen-bond donors (Lipinski definition) is 2. The lowest BCUT2D eigenvalue weighted by atomic mass is 9.90. The van der Waals surface area contributed by atoms with Crippen LogP contribution in [-0.2, 0) is 25.7 Å². The SMILES string of the molecule is C=CCC[C@@H](O)C(=O)N[C@@H](CC(=O)OCC)c1cc(-c2c(F)cc(F)cc2COCC=C)cc(C2CC2)c1F. The Morgan fingerprint density at radius 2 is 1.90 bits per heavy atom. The van der Waals surface area contributed by atoms with Crippen LogP contribution in [0.2, 0.25) is 0 Å². The minimum Gasteiger partial charge on any atom is -0.466 e. The Labute approximate surface area is 226 Å². The summed E-state index contributed by atoms with van der Waals surface area (Å²) in [6.45, 7) is 8.85. The van der Waals surface area contributed by atoms with Crippen LogP contribution in [0, 0.1) is 17.5 Å². The van der Waals surface area contributed by atoms with Crippen molar-refractivity contribution in [1.82, 2.24) is 5.32 Å². The molecule has 6 nitrogen and oxygen atoms in total. The van der Waals surface area contributed by atoms with Crippen LogP contribution in [0.3, 0.4) is 0 Å². The largest absolute Gasteiger partial charge is 0.466 e. The lowest BCUT2D eigenvalue weighted by molar-refractivity contribution is -0.144. The molecule has 0 aliphatic heterocycles. The Hall–Kier alpha value is -3.43. The first-order valence-corrected chi connectivity index (χ1v) is 12.9. The molecule has 0 unspecified atom stereocenters. The summed E-state index contributed by atoms with van der Waals surface area (Å²) in [6, 6.07) is 3.53. The fourth-order valence-corrected chi connectivity index (χ4v) is 4.38. The van der Waals surface area contributed by atoms with E-state index >= 15 is 8.78 Å². The van der Waals surface area contributed by atoms with E-state index in [2.05, 4.69) is 18.5 Å². The van der Waals surface area contributed by atoms with Gasteiger partial charge in [-0.25, -0.2) is 13.2 Å². The number of ether oxygens (including phenoxy) is 2. The number of amides is 1. The summed E-state index contributed by atoms with van der Waals surface area (Å²) in [4.78, 5) is 25.2. The molecule has 1 saturated carbocycles. The van der Waals surface area contributed by atoms with Gasteiger partial charge in [0.1, 0.15) is 23.6 Å². The summed E-state index contributed by atoms with van der Waals surface area (Å²) >= 11 is 0. The molecule has 1 amide bonds. The fraction of sp³-hybridized carbons (Fsp3) is 0.400. The van der Waals surface area contributed by atoms with Crippen LogP contribution in [-0.4, -0.2) is 36.3 Å². The van der Waals surface area contributed by atoms with E-state index in [0.29, 0.717) is 12.0 Å². The zero-order valence-electron chi connectivity index (χ0n) is 22.0. The van der Waals surface area contributed by atoms with E-state index in [9.17, 15) is 19.1 Å². The molecule has 2 atom stereocenters. The second kappa shape index (κ2) is 14.1. The molecule has 9 heteroatoms. The summed E-state index contributed by atoms with van der Waals surface area (Å²) in [5.41, 5.74) is 0.724. The molecule has 39 heavy (non-hydrogen) atoms. The van der Waals surface area contributed by atoms with E-state index in [1.54, 1.807) is 13.0 Å². The summed E-state index contributed by atoms with van der Waals surface area (Å²) in [5, 5.41) is 12.8. The lowest BCUT2D eigenvalue weighted by Crippen LogP contribution is -2.38. The lowest BCUT2D eigenvalue weighted by Gasteiger charge is -2.23. The van der Waals surface area contributed by atoms with Gasteiger partial charge in [-0.15, -0.1) is 13.2 Å². The fourth-order valence-electron chi connectivity index (χ4n) is 4.38. The Balaban J connectivity index is 2.13. The first-order chi connectivity index (χ1) is 18.7. The first kappa shape index (κ1) is 30.1. The molecule has 1 aliphatic rings. The molecule has 0 spiro atoms. The molecule has 0 aromatic heterocycles. The number of esters is 1. The van der Waals surface area contributed by atoms with Crippen LogP contribution >= 0.6 is 0 Å². The molecule has 2 aromatic rings. The predicted octanol–water partition coefficient (Wildman–Crippen LogP) is 5.79. The molecule has 1 aliphatic carbocycles. The average Bonchev–Trinajstić information content (AvgIpc) is 3.73. The number of halogens is 3. The third kappa shape index (κ3) is 8.03. The number of carbonyl (C=O) groups excluding carboxylic acids is 2. The zero-order valence-corrected chi connectivity index (χ0v) is 22.0. The number of benzene rings is 2. The van der Waals surface area contributed by atoms with Gasteiger partial charge in [-0.2, -0.15) is 0 Å². The Morgan fingerprint density at radius 1 is 1.15 bits per heavy atom. The van der Waals surface area contributed by atoms with Crippen molar-refractivity contribution in [3.8, 4) is 11.1 Å². The summed E-state index contributed by atoms with van der Waals surface area (Å²) < 4.78 is 55.8. The number of nitrogens with one attached hydrogen (secondary N) is 1. The minimum atomic E-state index is -1.41. The van der Waals surface area contributed by atoms with E-state index in [1.165, 1.54) is 18.2 Å². The maximum atomic E-state index is 15.9. The van der Waals surface area contributed by atoms with E-state index in [4.69, 9.17) is 9.47 Å². The predicted molar refractivity (Wildman–Crippen MR) is 141 cm³/mol. The Bertz CT molecular complexity index is 1210. The third-order valence-electron chi connectivity index (χ3n) is 6.38. The quantitative estimate of drug-likeness (QED) is 0.168. The van der Waals surface area contributed by atoms with Crippen LogP contribution < -0.4 is 5.32 Å². The van der Waals surface area contributed by atoms with Crippen molar-refractivity contribution in [2.75, 3.05) is 13.2 Å². The molecular weight excluding hydrogens is 511 g/mol. The van der Waals surface area contributed by atoms with Crippen LogP contribution in [0.1, 0.15) is 67.7 Å². The number of carbonyl (C=O) groups is 2. The van der Waals surface area contributed by atoms with Gasteiger partial charge in [0.15, 0.2) is 0 Å². The molecule has 3 rings (SSSR count). The Morgan fingerprint density at radius 3 is 2.54 bits per heavy atom. The van der Waals surface area contributed by atoms with Crippen molar-refractivity contribution < 1.29 is 37.3 Å². The van der Waals surface area contributed by atoms with E-state index in [-0.39, 0.29) is 54.4 Å². The van der Waals surface area contributed by atoms with Crippen molar-refractivity contribution in [2.24, 2.45) is 0 Å². The molecule has 2 N–H and O–H groups in total. The zero-order chi connectivity index (χ0) is 28.5. The van der Waals surface area contributed by atoms with Gasteiger partial charge < -0.3 is 19.9 Å². The van der Waals surface area contributed by atoms with E-state index in [1.807, 2.05) is 0 Å². The van der Waals surface area contributed by atoms with Crippen molar-refractivity contribution >= 4 is 11.9 Å². The standard InChI is InChI=1S/C30H34F3NO5/c1-4-7-8-26(35)30(37)34-25(16-27(36)39-6-3)23-14-19(13-22(29(23)33)18-9-10-18)28-20(17-38-11-5-2)12-21(31)15-24(28)32/h4-5,12-15,18,25-26,35H,1-2,6-11,16-17H2,3H3,(H,34,37)/t25-,26+/m0/s1. The van der Waals surface area contributed by atoms with Gasteiger partial charge in [0.25, 0.3) is 0 Å². The molecule has 0 bridgehead atoms. The van der Waals surface area contributed by atoms with Gasteiger partial charge in [0.2, 0.25) is 5.91 Å². The average molecular weight is 546 g/mol. The second-order valence-corrected chi connectivity index (χ2v) is 9.42. The third-order valence-corrected chi connectivity index (χ3v) is 6.38. The topological polar surface area (TPSA) is 84.9 Å². The molecule has 210 valence electrons. The number of rotatable bonds is 15. The first-order valence-electron chi connectivity index (χ1n) is 12.9. The van der Waals surface area contributed by atoms with Crippen molar-refractivity contribution in [2.45, 2.75) is 63.7 Å². The van der Waals surface area contributed by atoms with Crippen molar-refractivity contribution in [3.05, 3.63) is 83.7 Å². The summed E-state index contributed by atoms with van der Waals surface area (Å²) in [5.74, 6) is -3.90. The normalized spacial score (nSPS) is 14.4. The molecule has 2 aromatic carbocycles. The van der Waals surface area contributed by atoms with Gasteiger partial charge >= 0.3 is 5.97 Å². The van der Waals surface area contributed by atoms with Gasteiger partial charge in [-0.3, -0.25) is 9.59 Å². The highest BCUT2D eigenvalue weighted by Gasteiger charge is 2.33. The van der Waals surface area contributed by atoms with Crippen LogP contribution in [0.15, 0.2) is 49.6 Å². The van der Waals surface area contributed by atoms with Crippen LogP contribution in [0.5, 0.6) is 0 Å². The number of aliphatic hydroxyl groups is 1. The number of allylic oxidation sites excluding steroid dienone is 1. The van der Waals surface area contributed by atoms with Crippen molar-refractivity contribution in [1.29, 1.82) is 0 Å². The Kier molecular flexibility index (Phi) is 10.9. The van der Waals surface area contributed by atoms with Crippen LogP contribution in [0.4, 0.5) is 13.2 Å². The highest BCUT2D eigenvalue weighted by Crippen LogP contribution is 2.45. The van der Waals surface area contributed by atoms with Crippen LogP contribution in [0.25, 0.3) is 11.1 Å². The molecule has 0 radical (unpaired) electrons. The molecule has 1 fully saturated rings. The smallest absolute Gasteiger partial charge is 0.308 e. The van der Waals surface area contributed by atoms with Gasteiger partial charge in [0.05, 0.1) is 32.3 Å². The minimum absolute atomic E-state index is 0.0239. The highest BCUT2D eigenvalue weighted by molar-refractivity contribution is 5.82. The molecular formula is C30H34F3NO5. The van der Waals surface area contributed by atoms with Crippen molar-refractivity contribution in [3.63, 3.8) is 0 Å². The van der Waals surface area contributed by atoms with Gasteiger partial charge in [-0.1, -0.05) is 12.2 Å². The summed E-state index contributed by atoms with van der Waals surface area (Å²) in [7, 11) is 0. The van der Waals surface area contributed by atoms with Gasteiger partial charge in [-0.05, 0) is 73.4 Å². The van der Waals surface area contributed by atoms with E-state index in [0.717, 1.165) is 25.0 Å². The second-order valence-electron chi connectivity index (χ2n) is 9.42. The number of aliphatic hydroxyl groups excluding tert-OH is 1. The number of hydrogen-bond acceptors (Lipinski definition) is 5.